The van der Waals surface area contributed by atoms with Crippen LogP contribution in [-0.4, -0.2) is 107 Å². The van der Waals surface area contributed by atoms with Crippen LogP contribution >= 0.6 is 0 Å². The van der Waals surface area contributed by atoms with Crippen LogP contribution in [0.5, 0.6) is 0 Å². The first-order valence-corrected chi connectivity index (χ1v) is 27.1. The van der Waals surface area contributed by atoms with Crippen molar-refractivity contribution in [2.45, 2.75) is 284 Å². The van der Waals surface area contributed by atoms with Gasteiger partial charge in [-0.1, -0.05) is 221 Å². The molecular formula is C53H111N3O4. The predicted octanol–water partition coefficient (Wildman–Crippen LogP) is 13.0. The first-order chi connectivity index (χ1) is 29.3. The van der Waals surface area contributed by atoms with Crippen molar-refractivity contribution in [3.8, 4) is 0 Å². The number of nitrogens with one attached hydrogen (secondary N) is 1. The van der Waals surface area contributed by atoms with E-state index in [2.05, 4.69) is 42.8 Å². The second-order valence-electron chi connectivity index (χ2n) is 19.4. The molecule has 0 rings (SSSR count). The molecular weight excluding hydrogens is 743 g/mol. The number of hydrogen-bond acceptors (Lipinski definition) is 7. The molecule has 0 saturated heterocycles. The molecule has 5 N–H and O–H groups in total. The van der Waals surface area contributed by atoms with Gasteiger partial charge in [0.2, 0.25) is 0 Å². The van der Waals surface area contributed by atoms with Gasteiger partial charge < -0.3 is 25.7 Å². The Hall–Kier alpha value is -0.280. The molecule has 5 unspecified atom stereocenters. The topological polar surface area (TPSA) is 99.4 Å². The SMILES string of the molecule is CCCCCCCCCCCCC(O)CN(CCNCCCCCN(CC(O)CCCCCCCCCCCC)CC(O)C(C)CCCCCCCCCC)CC(O)CC. The molecule has 7 heteroatoms. The minimum Gasteiger partial charge on any atom is -0.392 e. The highest BCUT2D eigenvalue weighted by Crippen LogP contribution is 2.19. The lowest BCUT2D eigenvalue weighted by Gasteiger charge is -2.30. The molecule has 0 heterocycles. The normalized spacial score (nSPS) is 14.7. The molecule has 0 bridgehead atoms. The van der Waals surface area contributed by atoms with Gasteiger partial charge in [0.15, 0.2) is 0 Å². The zero-order valence-electron chi connectivity index (χ0n) is 41.5. The summed E-state index contributed by atoms with van der Waals surface area (Å²) in [6.07, 6.45) is 42.3. The Morgan fingerprint density at radius 3 is 1.12 bits per heavy atom. The minimum absolute atomic E-state index is 0.287. The third-order valence-electron chi connectivity index (χ3n) is 13.2. The van der Waals surface area contributed by atoms with Crippen LogP contribution in [0.4, 0.5) is 0 Å². The quantitative estimate of drug-likeness (QED) is 0.0389. The van der Waals surface area contributed by atoms with Crippen LogP contribution in [0.2, 0.25) is 0 Å². The summed E-state index contributed by atoms with van der Waals surface area (Å²) < 4.78 is 0. The van der Waals surface area contributed by atoms with E-state index < -0.39 is 0 Å². The molecule has 362 valence electrons. The summed E-state index contributed by atoms with van der Waals surface area (Å²) in [7, 11) is 0. The highest BCUT2D eigenvalue weighted by atomic mass is 16.3. The van der Waals surface area contributed by atoms with Crippen LogP contribution in [0.1, 0.15) is 259 Å². The molecule has 5 atom stereocenters. The molecule has 0 aromatic heterocycles. The van der Waals surface area contributed by atoms with Crippen LogP contribution < -0.4 is 5.32 Å². The molecule has 60 heavy (non-hydrogen) atoms. The van der Waals surface area contributed by atoms with E-state index in [0.717, 1.165) is 84.0 Å². The van der Waals surface area contributed by atoms with Gasteiger partial charge in [0.25, 0.3) is 0 Å². The third kappa shape index (κ3) is 41.7. The molecule has 0 aliphatic heterocycles. The monoisotopic (exact) mass is 854 g/mol. The van der Waals surface area contributed by atoms with Gasteiger partial charge in [-0.05, 0) is 57.5 Å². The summed E-state index contributed by atoms with van der Waals surface area (Å²) in [5.74, 6) is 0.287. The van der Waals surface area contributed by atoms with Crippen LogP contribution in [0.15, 0.2) is 0 Å². The van der Waals surface area contributed by atoms with Gasteiger partial charge in [-0.25, -0.2) is 0 Å². The molecule has 0 radical (unpaired) electrons. The average molecular weight is 854 g/mol. The van der Waals surface area contributed by atoms with Crippen LogP contribution in [0.25, 0.3) is 0 Å². The van der Waals surface area contributed by atoms with Crippen molar-refractivity contribution < 1.29 is 20.4 Å². The molecule has 0 aromatic carbocycles. The van der Waals surface area contributed by atoms with Crippen molar-refractivity contribution in [1.29, 1.82) is 0 Å². The second-order valence-corrected chi connectivity index (χ2v) is 19.4. The molecule has 0 aliphatic carbocycles. The van der Waals surface area contributed by atoms with Gasteiger partial charge >= 0.3 is 0 Å². The Morgan fingerprint density at radius 2 is 0.700 bits per heavy atom. The predicted molar refractivity (Wildman–Crippen MR) is 263 cm³/mol. The Balaban J connectivity index is 4.62. The highest BCUT2D eigenvalue weighted by Gasteiger charge is 2.20. The van der Waals surface area contributed by atoms with E-state index in [1.807, 2.05) is 6.92 Å². The van der Waals surface area contributed by atoms with E-state index in [1.165, 1.54) is 167 Å². The number of rotatable bonds is 50. The fourth-order valence-electron chi connectivity index (χ4n) is 8.82. The zero-order valence-corrected chi connectivity index (χ0v) is 41.5. The lowest BCUT2D eigenvalue weighted by Crippen LogP contribution is -2.41. The standard InChI is InChI=1S/C53H111N3O4/c1-6-10-13-16-19-22-24-27-30-34-39-51(58)46-55(48-53(60)49(5)38-33-29-26-21-18-15-12-8-3)43-37-32-36-41-54-42-44-56(45-50(57)9-4)47-52(59)40-35-31-28-25-23-20-17-14-11-7-2/h49-54,57-60H,6-48H2,1-5H3. The van der Waals surface area contributed by atoms with E-state index >= 15 is 0 Å². The Morgan fingerprint density at radius 1 is 0.350 bits per heavy atom. The van der Waals surface area contributed by atoms with E-state index in [0.29, 0.717) is 26.2 Å². The molecule has 0 spiro atoms. The van der Waals surface area contributed by atoms with Crippen molar-refractivity contribution in [3.05, 3.63) is 0 Å². The second kappa shape index (κ2) is 46.7. The molecule has 7 nitrogen and oxygen atoms in total. The fraction of sp³-hybridized carbons (Fsp3) is 1.00. The summed E-state index contributed by atoms with van der Waals surface area (Å²) >= 11 is 0. The number of unbranched alkanes of at least 4 members (excludes halogenated alkanes) is 27. The Bertz CT molecular complexity index is 821. The lowest BCUT2D eigenvalue weighted by atomic mass is 9.96. The van der Waals surface area contributed by atoms with Gasteiger partial charge in [-0.2, -0.15) is 0 Å². The molecule has 0 amide bonds. The van der Waals surface area contributed by atoms with Gasteiger partial charge in [0, 0.05) is 39.3 Å². The maximum atomic E-state index is 11.3. The zero-order chi connectivity index (χ0) is 44.2. The van der Waals surface area contributed by atoms with Gasteiger partial charge in [-0.3, -0.25) is 9.80 Å². The van der Waals surface area contributed by atoms with Crippen molar-refractivity contribution in [2.75, 3.05) is 52.4 Å². The van der Waals surface area contributed by atoms with Crippen molar-refractivity contribution in [1.82, 2.24) is 15.1 Å². The number of aliphatic hydroxyl groups is 4. The van der Waals surface area contributed by atoms with E-state index in [-0.39, 0.29) is 30.3 Å². The summed E-state index contributed by atoms with van der Waals surface area (Å²) in [6, 6.07) is 0. The Labute approximate surface area is 376 Å². The molecule has 0 aromatic rings. The van der Waals surface area contributed by atoms with Gasteiger partial charge in [0.05, 0.1) is 24.4 Å². The van der Waals surface area contributed by atoms with E-state index in [9.17, 15) is 20.4 Å². The first-order valence-electron chi connectivity index (χ1n) is 27.1. The molecule has 0 fully saturated rings. The fourth-order valence-corrected chi connectivity index (χ4v) is 8.82. The third-order valence-corrected chi connectivity index (χ3v) is 13.2. The van der Waals surface area contributed by atoms with Crippen LogP contribution in [-0.2, 0) is 0 Å². The maximum absolute atomic E-state index is 11.3. The summed E-state index contributed by atoms with van der Waals surface area (Å²) in [6.45, 7) is 17.3. The van der Waals surface area contributed by atoms with Crippen molar-refractivity contribution in [3.63, 3.8) is 0 Å². The van der Waals surface area contributed by atoms with Crippen LogP contribution in [0, 0.1) is 5.92 Å². The summed E-state index contributed by atoms with van der Waals surface area (Å²) in [5, 5.41) is 47.2. The van der Waals surface area contributed by atoms with Crippen LogP contribution in [0.3, 0.4) is 0 Å². The van der Waals surface area contributed by atoms with Crippen molar-refractivity contribution in [2.24, 2.45) is 5.92 Å². The minimum atomic E-state index is -0.350. The summed E-state index contributed by atoms with van der Waals surface area (Å²) in [4.78, 5) is 4.61. The Kier molecular flexibility index (Phi) is 46.5. The van der Waals surface area contributed by atoms with E-state index in [4.69, 9.17) is 0 Å². The smallest absolute Gasteiger partial charge is 0.0692 e. The lowest BCUT2D eigenvalue weighted by molar-refractivity contribution is 0.0388. The number of aliphatic hydroxyl groups excluding tert-OH is 4. The maximum Gasteiger partial charge on any atom is 0.0692 e. The van der Waals surface area contributed by atoms with Gasteiger partial charge in [0.1, 0.15) is 0 Å². The summed E-state index contributed by atoms with van der Waals surface area (Å²) in [5.41, 5.74) is 0. The van der Waals surface area contributed by atoms with Crippen molar-refractivity contribution >= 4 is 0 Å². The molecule has 0 aliphatic rings. The number of hydrogen-bond donors (Lipinski definition) is 5. The first kappa shape index (κ1) is 59.7. The molecule has 0 saturated carbocycles. The van der Waals surface area contributed by atoms with E-state index in [1.54, 1.807) is 0 Å². The highest BCUT2D eigenvalue weighted by molar-refractivity contribution is 4.74. The van der Waals surface area contributed by atoms with Gasteiger partial charge in [-0.15, -0.1) is 0 Å². The average Bonchev–Trinajstić information content (AvgIpc) is 3.23. The largest absolute Gasteiger partial charge is 0.392 e. The number of nitrogens with zero attached hydrogens (tertiary/aromatic N) is 2.